The van der Waals surface area contributed by atoms with Gasteiger partial charge >= 0.3 is 0 Å². The normalized spacial score (nSPS) is 12.9. The van der Waals surface area contributed by atoms with Crippen molar-refractivity contribution in [2.75, 3.05) is 38.3 Å². The zero-order chi connectivity index (χ0) is 17.6. The summed E-state index contributed by atoms with van der Waals surface area (Å²) < 4.78 is 11.2. The number of benzene rings is 2. The molecule has 132 valence electrons. The predicted octanol–water partition coefficient (Wildman–Crippen LogP) is 2.94. The molecular weight excluding hydrogens is 316 g/mol. The summed E-state index contributed by atoms with van der Waals surface area (Å²) in [5.41, 5.74) is 2.03. The molecule has 5 heteroatoms. The van der Waals surface area contributed by atoms with E-state index in [-0.39, 0.29) is 5.91 Å². The van der Waals surface area contributed by atoms with E-state index in [2.05, 4.69) is 0 Å². The van der Waals surface area contributed by atoms with Gasteiger partial charge in [0.2, 0.25) is 5.91 Å². The number of nitrogens with zero attached hydrogens (tertiary/aromatic N) is 2. The number of ether oxygens (including phenoxy) is 2. The molecule has 25 heavy (non-hydrogen) atoms. The highest BCUT2D eigenvalue weighted by Crippen LogP contribution is 2.31. The van der Waals surface area contributed by atoms with E-state index in [1.165, 1.54) is 0 Å². The molecule has 0 radical (unpaired) electrons. The minimum atomic E-state index is 0.0914. The Morgan fingerprint density at radius 3 is 2.48 bits per heavy atom. The molecule has 0 atom stereocenters. The topological polar surface area (TPSA) is 42.0 Å². The zero-order valence-electron chi connectivity index (χ0n) is 14.8. The van der Waals surface area contributed by atoms with Gasteiger partial charge in [-0.1, -0.05) is 24.3 Å². The molecule has 0 N–H and O–H groups in total. The molecule has 0 aliphatic carbocycles. The van der Waals surface area contributed by atoms with Crippen molar-refractivity contribution in [3.63, 3.8) is 0 Å². The van der Waals surface area contributed by atoms with Crippen molar-refractivity contribution >= 4 is 11.6 Å². The summed E-state index contributed by atoms with van der Waals surface area (Å²) in [6.45, 7) is 4.85. The standard InChI is InChI=1S/C20H24N2O3/c1-3-22(17-7-5-4-6-8-17)20(23)15-21(2)14-16-9-10-18-19(13-16)25-12-11-24-18/h4-10,13H,3,11-12,14-15H2,1-2H3. The van der Waals surface area contributed by atoms with Gasteiger partial charge in [-0.25, -0.2) is 0 Å². The van der Waals surface area contributed by atoms with Crippen LogP contribution in [0.25, 0.3) is 0 Å². The predicted molar refractivity (Wildman–Crippen MR) is 98.2 cm³/mol. The second kappa shape index (κ2) is 8.03. The molecule has 2 aromatic rings. The van der Waals surface area contributed by atoms with E-state index in [1.807, 2.05) is 67.4 Å². The number of carbonyl (C=O) groups is 1. The van der Waals surface area contributed by atoms with Gasteiger partial charge in [-0.15, -0.1) is 0 Å². The zero-order valence-corrected chi connectivity index (χ0v) is 14.8. The van der Waals surface area contributed by atoms with E-state index in [9.17, 15) is 4.79 Å². The Hall–Kier alpha value is -2.53. The summed E-state index contributed by atoms with van der Waals surface area (Å²) in [5.74, 6) is 1.66. The third-order valence-electron chi connectivity index (χ3n) is 4.15. The van der Waals surface area contributed by atoms with Crippen LogP contribution in [0.1, 0.15) is 12.5 Å². The highest BCUT2D eigenvalue weighted by Gasteiger charge is 2.17. The van der Waals surface area contributed by atoms with Crippen LogP contribution in [-0.2, 0) is 11.3 Å². The third-order valence-corrected chi connectivity index (χ3v) is 4.15. The molecule has 1 amide bonds. The van der Waals surface area contributed by atoms with Crippen LogP contribution in [0.4, 0.5) is 5.69 Å². The average Bonchev–Trinajstić information content (AvgIpc) is 2.63. The van der Waals surface area contributed by atoms with Gasteiger partial charge in [0.25, 0.3) is 0 Å². The molecule has 2 aromatic carbocycles. The Bertz CT molecular complexity index is 718. The lowest BCUT2D eigenvalue weighted by molar-refractivity contribution is -0.119. The van der Waals surface area contributed by atoms with Crippen molar-refractivity contribution in [1.82, 2.24) is 4.90 Å². The molecule has 0 saturated heterocycles. The number of anilines is 1. The second-order valence-electron chi connectivity index (χ2n) is 6.12. The monoisotopic (exact) mass is 340 g/mol. The number of amides is 1. The van der Waals surface area contributed by atoms with E-state index in [4.69, 9.17) is 9.47 Å². The molecule has 0 bridgehead atoms. The summed E-state index contributed by atoms with van der Waals surface area (Å²) in [6, 6.07) is 15.7. The smallest absolute Gasteiger partial charge is 0.241 e. The maximum Gasteiger partial charge on any atom is 0.241 e. The maximum absolute atomic E-state index is 12.6. The molecule has 0 saturated carbocycles. The first-order chi connectivity index (χ1) is 12.2. The van der Waals surface area contributed by atoms with Crippen LogP contribution in [0.5, 0.6) is 11.5 Å². The van der Waals surface area contributed by atoms with Gasteiger partial charge in [-0.2, -0.15) is 0 Å². The fourth-order valence-electron chi connectivity index (χ4n) is 2.98. The van der Waals surface area contributed by atoms with Crippen molar-refractivity contribution < 1.29 is 14.3 Å². The lowest BCUT2D eigenvalue weighted by Crippen LogP contribution is -2.38. The molecule has 5 nitrogen and oxygen atoms in total. The fourth-order valence-corrected chi connectivity index (χ4v) is 2.98. The summed E-state index contributed by atoms with van der Waals surface area (Å²) in [4.78, 5) is 16.5. The van der Waals surface area contributed by atoms with Gasteiger partial charge in [0, 0.05) is 18.8 Å². The number of carbonyl (C=O) groups excluding carboxylic acids is 1. The molecular formula is C20H24N2O3. The number of fused-ring (bicyclic) bond motifs is 1. The molecule has 0 fully saturated rings. The molecule has 1 aliphatic rings. The molecule has 3 rings (SSSR count). The second-order valence-corrected chi connectivity index (χ2v) is 6.12. The van der Waals surface area contributed by atoms with E-state index < -0.39 is 0 Å². The lowest BCUT2D eigenvalue weighted by atomic mass is 10.2. The number of para-hydroxylation sites is 1. The van der Waals surface area contributed by atoms with Crippen LogP contribution < -0.4 is 14.4 Å². The van der Waals surface area contributed by atoms with E-state index in [0.717, 1.165) is 22.7 Å². The average molecular weight is 340 g/mol. The summed E-state index contributed by atoms with van der Waals surface area (Å²) in [5, 5.41) is 0. The first-order valence-electron chi connectivity index (χ1n) is 8.60. The van der Waals surface area contributed by atoms with Gasteiger partial charge in [0.15, 0.2) is 11.5 Å². The fraction of sp³-hybridized carbons (Fsp3) is 0.350. The van der Waals surface area contributed by atoms with Crippen molar-refractivity contribution in [2.24, 2.45) is 0 Å². The Labute approximate surface area is 148 Å². The van der Waals surface area contributed by atoms with Crippen LogP contribution in [0.2, 0.25) is 0 Å². The van der Waals surface area contributed by atoms with Crippen LogP contribution in [0.3, 0.4) is 0 Å². The number of likely N-dealkylation sites (N-methyl/N-ethyl adjacent to an activating group) is 2. The van der Waals surface area contributed by atoms with Gasteiger partial charge in [0.05, 0.1) is 6.54 Å². The Balaban J connectivity index is 1.61. The van der Waals surface area contributed by atoms with Crippen LogP contribution >= 0.6 is 0 Å². The SMILES string of the molecule is CCN(C(=O)CN(C)Cc1ccc2c(c1)OCCO2)c1ccccc1. The maximum atomic E-state index is 12.6. The van der Waals surface area contributed by atoms with Gasteiger partial charge in [0.1, 0.15) is 13.2 Å². The Morgan fingerprint density at radius 2 is 1.76 bits per heavy atom. The van der Waals surface area contributed by atoms with Gasteiger partial charge in [-0.05, 0) is 43.8 Å². The Morgan fingerprint density at radius 1 is 1.04 bits per heavy atom. The largest absolute Gasteiger partial charge is 0.486 e. The van der Waals surface area contributed by atoms with Crippen molar-refractivity contribution in [3.8, 4) is 11.5 Å². The summed E-state index contributed by atoms with van der Waals surface area (Å²) in [6.07, 6.45) is 0. The summed E-state index contributed by atoms with van der Waals surface area (Å²) in [7, 11) is 1.95. The highest BCUT2D eigenvalue weighted by atomic mass is 16.6. The summed E-state index contributed by atoms with van der Waals surface area (Å²) >= 11 is 0. The number of hydrogen-bond acceptors (Lipinski definition) is 4. The van der Waals surface area contributed by atoms with Crippen LogP contribution in [0, 0.1) is 0 Å². The minimum Gasteiger partial charge on any atom is -0.486 e. The molecule has 1 heterocycles. The van der Waals surface area contributed by atoms with Crippen LogP contribution in [0.15, 0.2) is 48.5 Å². The van der Waals surface area contributed by atoms with Gasteiger partial charge < -0.3 is 14.4 Å². The van der Waals surface area contributed by atoms with Crippen molar-refractivity contribution in [2.45, 2.75) is 13.5 Å². The lowest BCUT2D eigenvalue weighted by Gasteiger charge is -2.25. The third kappa shape index (κ3) is 4.31. The molecule has 0 spiro atoms. The minimum absolute atomic E-state index is 0.0914. The number of rotatable bonds is 6. The number of hydrogen-bond donors (Lipinski definition) is 0. The molecule has 0 aromatic heterocycles. The van der Waals surface area contributed by atoms with E-state index in [0.29, 0.717) is 32.8 Å². The molecule has 1 aliphatic heterocycles. The van der Waals surface area contributed by atoms with E-state index in [1.54, 1.807) is 4.90 Å². The van der Waals surface area contributed by atoms with Crippen molar-refractivity contribution in [1.29, 1.82) is 0 Å². The van der Waals surface area contributed by atoms with E-state index >= 15 is 0 Å². The van der Waals surface area contributed by atoms with Gasteiger partial charge in [-0.3, -0.25) is 9.69 Å². The van der Waals surface area contributed by atoms with Crippen LogP contribution in [-0.4, -0.2) is 44.2 Å². The van der Waals surface area contributed by atoms with Crippen molar-refractivity contribution in [3.05, 3.63) is 54.1 Å². The highest BCUT2D eigenvalue weighted by molar-refractivity contribution is 5.94. The quantitative estimate of drug-likeness (QED) is 0.811. The first kappa shape index (κ1) is 17.3. The molecule has 0 unspecified atom stereocenters. The Kier molecular flexibility index (Phi) is 5.56. The first-order valence-corrected chi connectivity index (χ1v) is 8.60.